The van der Waals surface area contributed by atoms with E-state index >= 15 is 0 Å². The highest BCUT2D eigenvalue weighted by Crippen LogP contribution is 2.31. The van der Waals surface area contributed by atoms with Crippen LogP contribution in [-0.4, -0.2) is 20.1 Å². The molecule has 0 fully saturated rings. The van der Waals surface area contributed by atoms with Crippen LogP contribution < -0.4 is 19.5 Å². The van der Waals surface area contributed by atoms with Crippen molar-refractivity contribution in [3.05, 3.63) is 78.1 Å². The maximum atomic E-state index is 13.7. The molecule has 3 aromatic rings. The molecule has 3 aromatic carbocycles. The zero-order valence-electron chi connectivity index (χ0n) is 16.3. The molecule has 0 radical (unpaired) electrons. The third kappa shape index (κ3) is 5.48. The summed E-state index contributed by atoms with van der Waals surface area (Å²) < 4.78 is 30.1. The first-order chi connectivity index (χ1) is 14.1. The fraction of sp³-hybridized carbons (Fsp3) is 0.174. The number of hydrogen-bond acceptors (Lipinski definition) is 4. The van der Waals surface area contributed by atoms with Gasteiger partial charge in [-0.25, -0.2) is 4.39 Å². The highest BCUT2D eigenvalue weighted by Gasteiger charge is 2.12. The van der Waals surface area contributed by atoms with Gasteiger partial charge in [0.05, 0.1) is 19.9 Å². The Kier molecular flexibility index (Phi) is 6.68. The molecule has 0 saturated heterocycles. The Morgan fingerprint density at radius 1 is 0.897 bits per heavy atom. The van der Waals surface area contributed by atoms with Crippen molar-refractivity contribution in [2.24, 2.45) is 0 Å². The summed E-state index contributed by atoms with van der Waals surface area (Å²) in [7, 11) is 3.15. The lowest BCUT2D eigenvalue weighted by atomic mass is 10.1. The van der Waals surface area contributed by atoms with Crippen LogP contribution in [-0.2, 0) is 11.2 Å². The third-order valence-electron chi connectivity index (χ3n) is 4.30. The Morgan fingerprint density at radius 3 is 2.38 bits per heavy atom. The Bertz CT molecular complexity index is 976. The van der Waals surface area contributed by atoms with Crippen molar-refractivity contribution >= 4 is 11.6 Å². The molecule has 0 bridgehead atoms. The number of hydrogen-bond donors (Lipinski definition) is 1. The summed E-state index contributed by atoms with van der Waals surface area (Å²) in [4.78, 5) is 12.5. The molecule has 0 aromatic heterocycles. The highest BCUT2D eigenvalue weighted by atomic mass is 18.2. The van der Waals surface area contributed by atoms with Crippen molar-refractivity contribution in [2.45, 2.75) is 12.8 Å². The average Bonchev–Trinajstić information content (AvgIpc) is 2.74. The number of carbonyl (C=O) groups excluding carboxylic acids is 1. The van der Waals surface area contributed by atoms with Crippen LogP contribution in [0.3, 0.4) is 0 Å². The molecule has 5 nitrogen and oxygen atoms in total. The lowest BCUT2D eigenvalue weighted by Gasteiger charge is -2.13. The van der Waals surface area contributed by atoms with Gasteiger partial charge in [0.1, 0.15) is 23.1 Å². The van der Waals surface area contributed by atoms with E-state index in [4.69, 9.17) is 14.2 Å². The monoisotopic (exact) mass is 394 g/mol. The SMILES string of the molecule is COc1ccc(OC)c(CCC(=O)Nc2cc([18F])ccc2Oc2ccccc2)c1. The van der Waals surface area contributed by atoms with Crippen LogP contribution in [0.4, 0.5) is 10.1 Å². The average molecular weight is 394 g/mol. The second kappa shape index (κ2) is 9.59. The van der Waals surface area contributed by atoms with Gasteiger partial charge in [0.15, 0.2) is 5.75 Å². The van der Waals surface area contributed by atoms with Gasteiger partial charge in [-0.05, 0) is 54.4 Å². The second-order valence-corrected chi connectivity index (χ2v) is 6.28. The van der Waals surface area contributed by atoms with Crippen LogP contribution in [0.25, 0.3) is 0 Å². The van der Waals surface area contributed by atoms with Gasteiger partial charge in [-0.3, -0.25) is 4.79 Å². The molecule has 150 valence electrons. The van der Waals surface area contributed by atoms with Crippen molar-refractivity contribution in [2.75, 3.05) is 19.5 Å². The van der Waals surface area contributed by atoms with Gasteiger partial charge in [0.25, 0.3) is 0 Å². The minimum atomic E-state index is -0.463. The number of benzene rings is 3. The van der Waals surface area contributed by atoms with Crippen LogP contribution in [0.2, 0.25) is 0 Å². The largest absolute Gasteiger partial charge is 0.497 e. The molecular weight excluding hydrogens is 372 g/mol. The van der Waals surface area contributed by atoms with Gasteiger partial charge >= 0.3 is 0 Å². The van der Waals surface area contributed by atoms with E-state index in [2.05, 4.69) is 5.32 Å². The van der Waals surface area contributed by atoms with E-state index < -0.39 is 5.82 Å². The van der Waals surface area contributed by atoms with E-state index in [1.54, 1.807) is 38.5 Å². The van der Waals surface area contributed by atoms with Crippen molar-refractivity contribution in [1.82, 2.24) is 0 Å². The summed E-state index contributed by atoms with van der Waals surface area (Å²) in [6, 6.07) is 18.5. The predicted molar refractivity (Wildman–Crippen MR) is 109 cm³/mol. The van der Waals surface area contributed by atoms with Crippen LogP contribution in [0.5, 0.6) is 23.0 Å². The third-order valence-corrected chi connectivity index (χ3v) is 4.30. The molecule has 0 unspecified atom stereocenters. The van der Waals surface area contributed by atoms with Crippen molar-refractivity contribution in [1.29, 1.82) is 0 Å². The smallest absolute Gasteiger partial charge is 0.224 e. The molecule has 3 rings (SSSR count). The number of rotatable bonds is 8. The lowest BCUT2D eigenvalue weighted by Crippen LogP contribution is -2.13. The summed E-state index contributed by atoms with van der Waals surface area (Å²) in [5, 5.41) is 2.73. The normalized spacial score (nSPS) is 10.3. The number of aryl methyl sites for hydroxylation is 1. The van der Waals surface area contributed by atoms with E-state index in [9.17, 15) is 9.18 Å². The van der Waals surface area contributed by atoms with E-state index in [0.29, 0.717) is 29.4 Å². The predicted octanol–water partition coefficient (Wildman–Crippen LogP) is 5.21. The number of nitrogens with one attached hydrogen (secondary N) is 1. The Balaban J connectivity index is 1.70. The number of carbonyl (C=O) groups is 1. The molecule has 29 heavy (non-hydrogen) atoms. The maximum Gasteiger partial charge on any atom is 0.224 e. The highest BCUT2D eigenvalue weighted by molar-refractivity contribution is 5.92. The Labute approximate surface area is 169 Å². The fourth-order valence-corrected chi connectivity index (χ4v) is 2.84. The van der Waals surface area contributed by atoms with Gasteiger partial charge < -0.3 is 19.5 Å². The molecule has 0 aliphatic carbocycles. The molecule has 6 heteroatoms. The standard InChI is InChI=1S/C23H22FNO4/c1-27-19-10-12-21(28-2)16(14-19)8-13-23(26)25-20-15-17(24)9-11-22(20)29-18-6-4-3-5-7-18/h3-7,9-12,14-15H,8,13H2,1-2H3,(H,25,26)/i24-1. The van der Waals surface area contributed by atoms with Gasteiger partial charge in [0.2, 0.25) is 5.91 Å². The quantitative estimate of drug-likeness (QED) is 0.570. The van der Waals surface area contributed by atoms with E-state index in [-0.39, 0.29) is 18.0 Å². The van der Waals surface area contributed by atoms with Gasteiger partial charge in [-0.15, -0.1) is 0 Å². The minimum Gasteiger partial charge on any atom is -0.497 e. The van der Waals surface area contributed by atoms with Crippen LogP contribution in [0.15, 0.2) is 66.7 Å². The molecule has 0 spiro atoms. The fourth-order valence-electron chi connectivity index (χ4n) is 2.84. The van der Waals surface area contributed by atoms with Crippen molar-refractivity contribution in [3.8, 4) is 23.0 Å². The van der Waals surface area contributed by atoms with Crippen LogP contribution in [0, 0.1) is 5.82 Å². The number of halogens is 1. The van der Waals surface area contributed by atoms with Crippen LogP contribution in [0.1, 0.15) is 12.0 Å². The Morgan fingerprint density at radius 2 is 1.66 bits per heavy atom. The number of ether oxygens (including phenoxy) is 3. The van der Waals surface area contributed by atoms with E-state index in [1.807, 2.05) is 24.3 Å². The molecule has 0 aliphatic rings. The van der Waals surface area contributed by atoms with Crippen molar-refractivity contribution in [3.63, 3.8) is 0 Å². The topological polar surface area (TPSA) is 56.8 Å². The summed E-state index contributed by atoms with van der Waals surface area (Å²) in [5.41, 5.74) is 1.12. The van der Waals surface area contributed by atoms with E-state index in [1.165, 1.54) is 18.2 Å². The van der Waals surface area contributed by atoms with Crippen molar-refractivity contribution < 1.29 is 23.4 Å². The minimum absolute atomic E-state index is 0.185. The van der Waals surface area contributed by atoms with Gasteiger partial charge in [0, 0.05) is 12.5 Å². The zero-order valence-corrected chi connectivity index (χ0v) is 16.3. The number of anilines is 1. The van der Waals surface area contributed by atoms with Gasteiger partial charge in [-0.2, -0.15) is 0 Å². The lowest BCUT2D eigenvalue weighted by molar-refractivity contribution is -0.116. The second-order valence-electron chi connectivity index (χ2n) is 6.28. The molecule has 1 amide bonds. The van der Waals surface area contributed by atoms with Crippen LogP contribution >= 0.6 is 0 Å². The van der Waals surface area contributed by atoms with Gasteiger partial charge in [-0.1, -0.05) is 18.2 Å². The number of methoxy groups -OCH3 is 2. The molecular formula is C23H22FNO4. The summed E-state index contributed by atoms with van der Waals surface area (Å²) >= 11 is 0. The molecule has 1 N–H and O–H groups in total. The summed E-state index contributed by atoms with van der Waals surface area (Å²) in [6.07, 6.45) is 0.626. The maximum absolute atomic E-state index is 13.7. The molecule has 0 atom stereocenters. The zero-order chi connectivity index (χ0) is 20.6. The molecule has 0 saturated carbocycles. The first kappa shape index (κ1) is 20.2. The number of para-hydroxylation sites is 1. The molecule has 0 aliphatic heterocycles. The Hall–Kier alpha value is -3.54. The first-order valence-corrected chi connectivity index (χ1v) is 9.12. The summed E-state index contributed by atoms with van der Waals surface area (Å²) in [6.45, 7) is 0. The first-order valence-electron chi connectivity index (χ1n) is 9.12. The molecule has 0 heterocycles. The van der Waals surface area contributed by atoms with E-state index in [0.717, 1.165) is 5.56 Å². The summed E-state index contributed by atoms with van der Waals surface area (Å²) in [5.74, 6) is 1.59. The number of amides is 1.